The summed E-state index contributed by atoms with van der Waals surface area (Å²) < 4.78 is 5.35. The number of fused-ring (bicyclic) bond motifs is 2. The highest BCUT2D eigenvalue weighted by atomic mass is 16.3. The number of aliphatic imine (C=N–C) groups is 1. The lowest BCUT2D eigenvalue weighted by Gasteiger charge is -2.51. The van der Waals surface area contributed by atoms with Gasteiger partial charge in [-0.25, -0.2) is 0 Å². The van der Waals surface area contributed by atoms with Crippen molar-refractivity contribution in [3.8, 4) is 0 Å². The van der Waals surface area contributed by atoms with E-state index in [1.165, 1.54) is 12.8 Å². The quantitative estimate of drug-likeness (QED) is 0.578. The summed E-state index contributed by atoms with van der Waals surface area (Å²) in [6, 6.07) is 3.84. The molecule has 128 valence electrons. The molecule has 5 fully saturated rings. The van der Waals surface area contributed by atoms with Crippen LogP contribution in [0.25, 0.3) is 0 Å². The molecule has 3 N–H and O–H groups in total. The molecule has 1 aromatic heterocycles. The summed E-state index contributed by atoms with van der Waals surface area (Å²) in [5.74, 6) is 7.95. The maximum atomic E-state index is 11.6. The van der Waals surface area contributed by atoms with Gasteiger partial charge in [0.1, 0.15) is 5.76 Å². The number of rotatable bonds is 4. The minimum Gasteiger partial charge on any atom is -0.467 e. The first-order chi connectivity index (χ1) is 11.7. The molecule has 0 saturated heterocycles. The van der Waals surface area contributed by atoms with Crippen LogP contribution in [0.1, 0.15) is 18.6 Å². The second kappa shape index (κ2) is 4.37. The molecule has 5 aliphatic carbocycles. The minimum absolute atomic E-state index is 0.507. The van der Waals surface area contributed by atoms with E-state index in [1.807, 2.05) is 12.1 Å². The van der Waals surface area contributed by atoms with Crippen molar-refractivity contribution in [2.75, 3.05) is 13.6 Å². The highest BCUT2D eigenvalue weighted by Crippen LogP contribution is 2.85. The van der Waals surface area contributed by atoms with Crippen molar-refractivity contribution in [2.45, 2.75) is 25.0 Å². The summed E-state index contributed by atoms with van der Waals surface area (Å²) in [4.78, 5) is 4.30. The molecule has 0 spiro atoms. The summed E-state index contributed by atoms with van der Waals surface area (Å²) in [6.45, 7) is 1.25. The third-order valence-electron chi connectivity index (χ3n) is 8.29. The van der Waals surface area contributed by atoms with Crippen LogP contribution in [0.5, 0.6) is 0 Å². The van der Waals surface area contributed by atoms with Crippen LogP contribution in [0.4, 0.5) is 0 Å². The van der Waals surface area contributed by atoms with Crippen LogP contribution in [-0.4, -0.2) is 30.3 Å². The first-order valence-electron chi connectivity index (χ1n) is 9.41. The predicted octanol–water partition coefficient (Wildman–Crippen LogP) is 1.45. The third kappa shape index (κ3) is 1.41. The number of hydrogen-bond acceptors (Lipinski definition) is 3. The van der Waals surface area contributed by atoms with Crippen LogP contribution in [0.3, 0.4) is 0 Å². The first kappa shape index (κ1) is 13.8. The maximum absolute atomic E-state index is 11.6. The molecule has 6 rings (SSSR count). The Morgan fingerprint density at radius 2 is 2.04 bits per heavy atom. The van der Waals surface area contributed by atoms with Crippen LogP contribution in [0.15, 0.2) is 27.8 Å². The summed E-state index contributed by atoms with van der Waals surface area (Å²) in [7, 11) is 1.78. The zero-order valence-corrected chi connectivity index (χ0v) is 14.0. The van der Waals surface area contributed by atoms with Gasteiger partial charge < -0.3 is 20.2 Å². The van der Waals surface area contributed by atoms with Gasteiger partial charge >= 0.3 is 0 Å². The normalized spacial score (nSPS) is 52.2. The fourth-order valence-corrected chi connectivity index (χ4v) is 7.99. The maximum Gasteiger partial charge on any atom is 0.191 e. The molecule has 0 aliphatic heterocycles. The van der Waals surface area contributed by atoms with Crippen LogP contribution < -0.4 is 10.6 Å². The molecule has 1 heterocycles. The second-order valence-electron chi connectivity index (χ2n) is 8.68. The van der Waals surface area contributed by atoms with Crippen molar-refractivity contribution in [3.05, 3.63) is 24.2 Å². The van der Waals surface area contributed by atoms with Gasteiger partial charge in [-0.05, 0) is 72.3 Å². The molecule has 2 bridgehead atoms. The molecule has 5 saturated carbocycles. The minimum atomic E-state index is -0.507. The molecule has 5 nitrogen and oxygen atoms in total. The lowest BCUT2D eigenvalue weighted by molar-refractivity contribution is -0.126. The van der Waals surface area contributed by atoms with Gasteiger partial charge in [-0.15, -0.1) is 0 Å². The summed E-state index contributed by atoms with van der Waals surface area (Å²) in [5, 5.41) is 18.3. The van der Waals surface area contributed by atoms with E-state index in [1.54, 1.807) is 13.3 Å². The fourth-order valence-electron chi connectivity index (χ4n) is 7.99. The van der Waals surface area contributed by atoms with Gasteiger partial charge in [0.15, 0.2) is 5.96 Å². The molecular weight excluding hydrogens is 302 g/mol. The average Bonchev–Trinajstić information content (AvgIpc) is 3.25. The summed E-state index contributed by atoms with van der Waals surface area (Å²) in [5.41, 5.74) is -0.507. The van der Waals surface area contributed by atoms with E-state index in [0.29, 0.717) is 24.9 Å². The topological polar surface area (TPSA) is 69.8 Å². The van der Waals surface area contributed by atoms with Crippen molar-refractivity contribution in [3.63, 3.8) is 0 Å². The lowest BCUT2D eigenvalue weighted by atomic mass is 9.56. The molecule has 9 atom stereocenters. The molecule has 9 unspecified atom stereocenters. The van der Waals surface area contributed by atoms with E-state index in [2.05, 4.69) is 15.6 Å². The smallest absolute Gasteiger partial charge is 0.191 e. The van der Waals surface area contributed by atoms with Gasteiger partial charge in [0.05, 0.1) is 18.4 Å². The Kier molecular flexibility index (Phi) is 2.51. The summed E-state index contributed by atoms with van der Waals surface area (Å²) in [6.07, 6.45) is 4.50. The monoisotopic (exact) mass is 327 g/mol. The van der Waals surface area contributed by atoms with Gasteiger partial charge in [0, 0.05) is 13.6 Å². The molecular formula is C19H25N3O2. The van der Waals surface area contributed by atoms with Gasteiger partial charge in [0.2, 0.25) is 0 Å². The Hall–Kier alpha value is -1.49. The van der Waals surface area contributed by atoms with Crippen LogP contribution in [-0.2, 0) is 6.54 Å². The number of aliphatic hydroxyl groups is 1. The van der Waals surface area contributed by atoms with Gasteiger partial charge in [-0.3, -0.25) is 4.99 Å². The number of furan rings is 1. The molecule has 24 heavy (non-hydrogen) atoms. The molecule has 0 aromatic carbocycles. The largest absolute Gasteiger partial charge is 0.467 e. The van der Waals surface area contributed by atoms with Crippen molar-refractivity contribution in [2.24, 2.45) is 52.3 Å². The molecule has 5 heteroatoms. The highest BCUT2D eigenvalue weighted by molar-refractivity contribution is 5.79. The standard InChI is InChI=1S/C19H25N3O2/c1-20-18(21-7-9-3-2-4-24-9)22-8-19(23)16-11-6-12-14-10(11)5-13(16)15(14)17(12)19/h2-4,10-17,23H,5-8H2,1H3,(H2,20,21,22). The van der Waals surface area contributed by atoms with E-state index in [-0.39, 0.29) is 0 Å². The Bertz CT molecular complexity index is 695. The second-order valence-corrected chi connectivity index (χ2v) is 8.68. The highest BCUT2D eigenvalue weighted by Gasteiger charge is 2.84. The van der Waals surface area contributed by atoms with E-state index < -0.39 is 5.60 Å². The fraction of sp³-hybridized carbons (Fsp3) is 0.737. The molecule has 0 radical (unpaired) electrons. The Labute approximate surface area is 141 Å². The van der Waals surface area contributed by atoms with Crippen LogP contribution in [0, 0.1) is 47.3 Å². The van der Waals surface area contributed by atoms with Crippen molar-refractivity contribution < 1.29 is 9.52 Å². The van der Waals surface area contributed by atoms with Crippen molar-refractivity contribution >= 4 is 5.96 Å². The molecule has 5 aliphatic rings. The third-order valence-corrected chi connectivity index (χ3v) is 8.29. The average molecular weight is 327 g/mol. The van der Waals surface area contributed by atoms with E-state index in [0.717, 1.165) is 47.2 Å². The van der Waals surface area contributed by atoms with Gasteiger partial charge in [0.25, 0.3) is 0 Å². The van der Waals surface area contributed by atoms with Crippen LogP contribution >= 0.6 is 0 Å². The molecule has 0 amide bonds. The van der Waals surface area contributed by atoms with Crippen molar-refractivity contribution in [1.29, 1.82) is 0 Å². The number of nitrogens with one attached hydrogen (secondary N) is 2. The van der Waals surface area contributed by atoms with Gasteiger partial charge in [-0.1, -0.05) is 0 Å². The van der Waals surface area contributed by atoms with Gasteiger partial charge in [-0.2, -0.15) is 0 Å². The Morgan fingerprint density at radius 3 is 2.83 bits per heavy atom. The zero-order valence-electron chi connectivity index (χ0n) is 14.0. The first-order valence-corrected chi connectivity index (χ1v) is 9.41. The van der Waals surface area contributed by atoms with Crippen molar-refractivity contribution in [1.82, 2.24) is 10.6 Å². The SMILES string of the molecule is CN=C(NCc1ccco1)NCC1(O)C2C3CC4C5C3CC2C5C41. The number of hydrogen-bond donors (Lipinski definition) is 3. The van der Waals surface area contributed by atoms with E-state index in [4.69, 9.17) is 4.42 Å². The number of nitrogens with zero attached hydrogens (tertiary/aromatic N) is 1. The van der Waals surface area contributed by atoms with Crippen LogP contribution in [0.2, 0.25) is 0 Å². The Morgan fingerprint density at radius 1 is 1.21 bits per heavy atom. The Balaban J connectivity index is 1.16. The van der Waals surface area contributed by atoms with E-state index in [9.17, 15) is 5.11 Å². The zero-order chi connectivity index (χ0) is 16.1. The molecule has 1 aromatic rings. The number of guanidine groups is 1. The lowest BCUT2D eigenvalue weighted by Crippen LogP contribution is -2.59. The van der Waals surface area contributed by atoms with E-state index >= 15 is 0 Å². The summed E-state index contributed by atoms with van der Waals surface area (Å²) >= 11 is 0. The predicted molar refractivity (Wildman–Crippen MR) is 89.0 cm³/mol.